The summed E-state index contributed by atoms with van der Waals surface area (Å²) in [5.74, 6) is 0. The average molecular weight is 277 g/mol. The molecule has 2 aromatic rings. The number of thiocarbonyl (C=S) groups is 1. The van der Waals surface area contributed by atoms with Crippen molar-refractivity contribution in [2.24, 2.45) is 0 Å². The number of nitrogens with zero attached hydrogens (tertiary/aromatic N) is 4. The van der Waals surface area contributed by atoms with E-state index in [0.29, 0.717) is 10.9 Å². The number of benzene rings is 1. The molecule has 0 amide bonds. The van der Waals surface area contributed by atoms with Crippen LogP contribution in [-0.2, 0) is 0 Å². The third kappa shape index (κ3) is 3.64. The maximum absolute atomic E-state index is 4.79. The van der Waals surface area contributed by atoms with Gasteiger partial charge in [-0.2, -0.15) is 0 Å². The SMILES string of the molecule is S=C(S)NCC=Cc1ccc(-n2cnnn2)cc1. The van der Waals surface area contributed by atoms with Crippen molar-refractivity contribution in [1.29, 1.82) is 0 Å². The molecular formula is C11H11N5S2. The zero-order valence-corrected chi connectivity index (χ0v) is 11.1. The van der Waals surface area contributed by atoms with E-state index in [1.165, 1.54) is 0 Å². The van der Waals surface area contributed by atoms with Crippen LogP contribution in [0.15, 0.2) is 36.7 Å². The highest BCUT2D eigenvalue weighted by molar-refractivity contribution is 8.11. The van der Waals surface area contributed by atoms with Gasteiger partial charge in [0.25, 0.3) is 0 Å². The number of rotatable bonds is 4. The Morgan fingerprint density at radius 2 is 2.17 bits per heavy atom. The second-order valence-electron chi connectivity index (χ2n) is 3.43. The molecule has 18 heavy (non-hydrogen) atoms. The molecule has 0 saturated heterocycles. The Balaban J connectivity index is 1.98. The summed E-state index contributed by atoms with van der Waals surface area (Å²) in [4.78, 5) is 0. The maximum Gasteiger partial charge on any atom is 0.143 e. The van der Waals surface area contributed by atoms with Crippen LogP contribution in [0.1, 0.15) is 5.56 Å². The molecule has 0 radical (unpaired) electrons. The number of hydrogen-bond donors (Lipinski definition) is 2. The average Bonchev–Trinajstić information content (AvgIpc) is 2.89. The molecule has 0 spiro atoms. The molecule has 1 aromatic heterocycles. The highest BCUT2D eigenvalue weighted by Gasteiger charge is 1.96. The van der Waals surface area contributed by atoms with E-state index in [2.05, 4.69) is 33.5 Å². The summed E-state index contributed by atoms with van der Waals surface area (Å²) in [7, 11) is 0. The lowest BCUT2D eigenvalue weighted by Crippen LogP contribution is -2.15. The molecule has 5 nitrogen and oxygen atoms in total. The Morgan fingerprint density at radius 1 is 1.39 bits per heavy atom. The smallest absolute Gasteiger partial charge is 0.143 e. The van der Waals surface area contributed by atoms with E-state index < -0.39 is 0 Å². The van der Waals surface area contributed by atoms with Crippen LogP contribution in [0.3, 0.4) is 0 Å². The standard InChI is InChI=1S/C11H11N5S2/c17-11(18)12-7-1-2-9-3-5-10(6-4-9)16-8-13-14-15-16/h1-6,8H,7H2,(H2,12,17,18). The van der Waals surface area contributed by atoms with E-state index in [0.717, 1.165) is 11.3 Å². The van der Waals surface area contributed by atoms with Gasteiger partial charge >= 0.3 is 0 Å². The van der Waals surface area contributed by atoms with Crippen molar-refractivity contribution < 1.29 is 0 Å². The molecule has 0 atom stereocenters. The van der Waals surface area contributed by atoms with Gasteiger partial charge in [-0.3, -0.25) is 0 Å². The minimum absolute atomic E-state index is 0.494. The van der Waals surface area contributed by atoms with Crippen LogP contribution in [0.4, 0.5) is 0 Å². The van der Waals surface area contributed by atoms with Crippen molar-refractivity contribution in [1.82, 2.24) is 25.5 Å². The van der Waals surface area contributed by atoms with Crippen LogP contribution in [0.5, 0.6) is 0 Å². The van der Waals surface area contributed by atoms with E-state index in [9.17, 15) is 0 Å². The van der Waals surface area contributed by atoms with E-state index in [4.69, 9.17) is 12.2 Å². The first kappa shape index (κ1) is 12.7. The Kier molecular flexibility index (Phi) is 4.43. The fourth-order valence-electron chi connectivity index (χ4n) is 1.36. The Morgan fingerprint density at radius 3 is 2.78 bits per heavy atom. The molecule has 0 aliphatic rings. The van der Waals surface area contributed by atoms with Gasteiger partial charge in [0, 0.05) is 6.54 Å². The molecule has 0 aliphatic carbocycles. The summed E-state index contributed by atoms with van der Waals surface area (Å²) in [5.41, 5.74) is 2.02. The van der Waals surface area contributed by atoms with Crippen LogP contribution in [0.25, 0.3) is 11.8 Å². The highest BCUT2D eigenvalue weighted by atomic mass is 32.1. The van der Waals surface area contributed by atoms with Crippen molar-refractivity contribution in [3.8, 4) is 5.69 Å². The molecule has 0 fully saturated rings. The van der Waals surface area contributed by atoms with Gasteiger partial charge in [0.15, 0.2) is 0 Å². The first-order valence-electron chi connectivity index (χ1n) is 5.22. The van der Waals surface area contributed by atoms with Crippen LogP contribution >= 0.6 is 24.8 Å². The molecule has 0 bridgehead atoms. The number of aromatic nitrogens is 4. The number of tetrazole rings is 1. The predicted octanol–water partition coefficient (Wildman–Crippen LogP) is 1.48. The van der Waals surface area contributed by atoms with Crippen molar-refractivity contribution >= 4 is 35.2 Å². The van der Waals surface area contributed by atoms with Crippen LogP contribution in [-0.4, -0.2) is 31.1 Å². The Hall–Kier alpha value is -1.73. The van der Waals surface area contributed by atoms with Crippen molar-refractivity contribution in [3.63, 3.8) is 0 Å². The summed E-state index contributed by atoms with van der Waals surface area (Å²) in [6.45, 7) is 0.664. The van der Waals surface area contributed by atoms with Crippen LogP contribution in [0.2, 0.25) is 0 Å². The molecular weight excluding hydrogens is 266 g/mol. The first-order valence-corrected chi connectivity index (χ1v) is 6.08. The predicted molar refractivity (Wildman–Crippen MR) is 77.8 cm³/mol. The van der Waals surface area contributed by atoms with E-state index in [1.54, 1.807) is 11.0 Å². The lowest BCUT2D eigenvalue weighted by molar-refractivity contribution is 0.789. The van der Waals surface area contributed by atoms with E-state index in [-0.39, 0.29) is 0 Å². The zero-order chi connectivity index (χ0) is 12.8. The Labute approximate surface area is 115 Å². The van der Waals surface area contributed by atoms with Gasteiger partial charge in [-0.1, -0.05) is 36.5 Å². The van der Waals surface area contributed by atoms with Crippen molar-refractivity contribution in [2.75, 3.05) is 6.54 Å². The summed E-state index contributed by atoms with van der Waals surface area (Å²) in [5, 5.41) is 13.9. The molecule has 0 aliphatic heterocycles. The van der Waals surface area contributed by atoms with Gasteiger partial charge in [-0.15, -0.1) is 17.7 Å². The summed E-state index contributed by atoms with van der Waals surface area (Å²) in [6, 6.07) is 7.89. The fraction of sp³-hybridized carbons (Fsp3) is 0.0909. The number of hydrogen-bond acceptors (Lipinski definition) is 4. The highest BCUT2D eigenvalue weighted by Crippen LogP contribution is 2.08. The molecule has 7 heteroatoms. The van der Waals surface area contributed by atoms with Crippen molar-refractivity contribution in [2.45, 2.75) is 0 Å². The minimum Gasteiger partial charge on any atom is -0.368 e. The molecule has 2 rings (SSSR count). The quantitative estimate of drug-likeness (QED) is 0.655. The molecule has 1 aromatic carbocycles. The lowest BCUT2D eigenvalue weighted by Gasteiger charge is -2.00. The molecule has 1 N–H and O–H groups in total. The fourth-order valence-corrected chi connectivity index (χ4v) is 1.53. The number of thiol groups is 1. The van der Waals surface area contributed by atoms with Crippen molar-refractivity contribution in [3.05, 3.63) is 42.2 Å². The van der Waals surface area contributed by atoms with E-state index >= 15 is 0 Å². The van der Waals surface area contributed by atoms with Gasteiger partial charge in [0.05, 0.1) is 5.69 Å². The molecule has 92 valence electrons. The third-order valence-corrected chi connectivity index (χ3v) is 2.49. The second kappa shape index (κ2) is 6.27. The topological polar surface area (TPSA) is 55.6 Å². The van der Waals surface area contributed by atoms with Gasteiger partial charge in [0.2, 0.25) is 0 Å². The summed E-state index contributed by atoms with van der Waals surface area (Å²) < 4.78 is 2.10. The normalized spacial score (nSPS) is 10.7. The molecule has 0 saturated carbocycles. The van der Waals surface area contributed by atoms with Crippen LogP contribution in [0, 0.1) is 0 Å². The first-order chi connectivity index (χ1) is 8.75. The van der Waals surface area contributed by atoms with Gasteiger partial charge in [-0.25, -0.2) is 4.68 Å². The third-order valence-electron chi connectivity index (χ3n) is 2.19. The van der Waals surface area contributed by atoms with E-state index in [1.807, 2.05) is 36.4 Å². The Bertz CT molecular complexity index is 533. The minimum atomic E-state index is 0.494. The number of nitrogens with one attached hydrogen (secondary N) is 1. The van der Waals surface area contributed by atoms with Gasteiger partial charge < -0.3 is 5.32 Å². The monoisotopic (exact) mass is 277 g/mol. The lowest BCUT2D eigenvalue weighted by atomic mass is 10.2. The summed E-state index contributed by atoms with van der Waals surface area (Å²) in [6.07, 6.45) is 5.54. The zero-order valence-electron chi connectivity index (χ0n) is 9.39. The second-order valence-corrected chi connectivity index (χ2v) is 4.59. The summed E-state index contributed by atoms with van der Waals surface area (Å²) >= 11 is 8.76. The molecule has 0 unspecified atom stereocenters. The largest absolute Gasteiger partial charge is 0.368 e. The van der Waals surface area contributed by atoms with Gasteiger partial charge in [0.1, 0.15) is 10.6 Å². The maximum atomic E-state index is 4.79. The van der Waals surface area contributed by atoms with Gasteiger partial charge in [-0.05, 0) is 28.1 Å². The van der Waals surface area contributed by atoms with Crippen LogP contribution < -0.4 is 5.32 Å². The molecule has 1 heterocycles.